The number of aryl methyl sites for hydroxylation is 1. The lowest BCUT2D eigenvalue weighted by molar-refractivity contribution is -0.128. The monoisotopic (exact) mass is 424 g/mol. The molecule has 0 aliphatic carbocycles. The van der Waals surface area contributed by atoms with Crippen molar-refractivity contribution in [2.45, 2.75) is 34.6 Å². The summed E-state index contributed by atoms with van der Waals surface area (Å²) in [5, 5.41) is 2.76. The van der Waals surface area contributed by atoms with Crippen molar-refractivity contribution in [1.82, 2.24) is 14.8 Å². The first-order chi connectivity index (χ1) is 14.3. The third kappa shape index (κ3) is 3.89. The van der Waals surface area contributed by atoms with Crippen LogP contribution in [0.3, 0.4) is 0 Å². The Hall–Kier alpha value is -2.93. The van der Waals surface area contributed by atoms with E-state index < -0.39 is 5.91 Å². The molecule has 0 bridgehead atoms. The Labute approximate surface area is 183 Å². The molecule has 0 saturated carbocycles. The highest BCUT2D eigenvalue weighted by Gasteiger charge is 2.32. The predicted molar refractivity (Wildman–Crippen MR) is 125 cm³/mol. The summed E-state index contributed by atoms with van der Waals surface area (Å²) in [4.78, 5) is 28.8. The van der Waals surface area contributed by atoms with E-state index in [4.69, 9.17) is 12.2 Å². The summed E-state index contributed by atoms with van der Waals surface area (Å²) in [6, 6.07) is 10.4. The number of benzene rings is 1. The number of aromatic nitrogens is 1. The van der Waals surface area contributed by atoms with Gasteiger partial charge in [0, 0.05) is 42.4 Å². The quantitative estimate of drug-likeness (QED) is 0.437. The molecule has 158 valence electrons. The van der Waals surface area contributed by atoms with Gasteiger partial charge in [-0.25, -0.2) is 0 Å². The fraction of sp³-hybridized carbons (Fsp3) is 0.348. The molecule has 2 aromatic rings. The molecule has 1 aromatic carbocycles. The van der Waals surface area contributed by atoms with Gasteiger partial charge in [0.15, 0.2) is 5.11 Å². The van der Waals surface area contributed by atoms with Gasteiger partial charge in [-0.05, 0) is 88.8 Å². The van der Waals surface area contributed by atoms with E-state index in [1.165, 1.54) is 10.6 Å². The van der Waals surface area contributed by atoms with E-state index in [9.17, 15) is 9.59 Å². The van der Waals surface area contributed by atoms with Crippen LogP contribution in [0.25, 0.3) is 11.8 Å². The average Bonchev–Trinajstić information content (AvgIpc) is 3.00. The predicted octanol–water partition coefficient (Wildman–Crippen LogP) is 3.59. The van der Waals surface area contributed by atoms with Gasteiger partial charge in [-0.3, -0.25) is 19.8 Å². The van der Waals surface area contributed by atoms with Gasteiger partial charge in [0.1, 0.15) is 5.57 Å². The van der Waals surface area contributed by atoms with Crippen LogP contribution in [0.5, 0.6) is 0 Å². The zero-order valence-corrected chi connectivity index (χ0v) is 19.0. The number of anilines is 1. The second-order valence-electron chi connectivity index (χ2n) is 7.22. The maximum absolute atomic E-state index is 12.7. The maximum Gasteiger partial charge on any atom is 0.265 e. The van der Waals surface area contributed by atoms with Crippen molar-refractivity contribution in [3.8, 4) is 5.69 Å². The third-order valence-electron chi connectivity index (χ3n) is 5.51. The molecule has 2 amide bonds. The second kappa shape index (κ2) is 8.83. The first-order valence-corrected chi connectivity index (χ1v) is 10.7. The molecule has 30 heavy (non-hydrogen) atoms. The molecule has 7 heteroatoms. The molecule has 1 aliphatic heterocycles. The number of amides is 2. The van der Waals surface area contributed by atoms with E-state index in [0.717, 1.165) is 35.7 Å². The van der Waals surface area contributed by atoms with Crippen LogP contribution in [0.4, 0.5) is 5.69 Å². The van der Waals surface area contributed by atoms with Gasteiger partial charge in [0.2, 0.25) is 0 Å². The van der Waals surface area contributed by atoms with Crippen molar-refractivity contribution in [3.05, 3.63) is 52.9 Å². The highest BCUT2D eigenvalue weighted by molar-refractivity contribution is 7.80. The number of hydrogen-bond donors (Lipinski definition) is 1. The van der Waals surface area contributed by atoms with Crippen molar-refractivity contribution in [2.75, 3.05) is 24.5 Å². The van der Waals surface area contributed by atoms with Gasteiger partial charge in [-0.1, -0.05) is 0 Å². The van der Waals surface area contributed by atoms with Crippen LogP contribution >= 0.6 is 12.2 Å². The van der Waals surface area contributed by atoms with Gasteiger partial charge >= 0.3 is 0 Å². The Morgan fingerprint density at radius 2 is 1.70 bits per heavy atom. The molecule has 3 rings (SSSR count). The summed E-state index contributed by atoms with van der Waals surface area (Å²) in [7, 11) is 0. The normalized spacial score (nSPS) is 15.7. The van der Waals surface area contributed by atoms with E-state index in [1.54, 1.807) is 6.08 Å². The number of nitrogens with zero attached hydrogens (tertiary/aromatic N) is 3. The minimum absolute atomic E-state index is 0.0996. The Morgan fingerprint density at radius 1 is 1.07 bits per heavy atom. The van der Waals surface area contributed by atoms with Crippen molar-refractivity contribution in [1.29, 1.82) is 0 Å². The number of carbonyl (C=O) groups excluding carboxylic acids is 2. The largest absolute Gasteiger partial charge is 0.372 e. The summed E-state index contributed by atoms with van der Waals surface area (Å²) in [6.07, 6.45) is 1.66. The molecule has 0 atom stereocenters. The minimum Gasteiger partial charge on any atom is -0.372 e. The molecule has 0 spiro atoms. The van der Waals surface area contributed by atoms with Crippen LogP contribution in [-0.2, 0) is 9.59 Å². The molecular weight excluding hydrogens is 396 g/mol. The fourth-order valence-electron chi connectivity index (χ4n) is 3.87. The third-order valence-corrected chi connectivity index (χ3v) is 5.83. The van der Waals surface area contributed by atoms with E-state index >= 15 is 0 Å². The number of rotatable bonds is 6. The molecule has 1 aromatic heterocycles. The SMILES string of the molecule is CCN1C(=O)/C(=C/c2cc(C)n(-c3ccc(N(CC)CC)cc3)c2C)C(=O)NC1=S. The molecule has 0 radical (unpaired) electrons. The first-order valence-electron chi connectivity index (χ1n) is 10.3. The van der Waals surface area contributed by atoms with Crippen molar-refractivity contribution in [2.24, 2.45) is 0 Å². The molecule has 1 saturated heterocycles. The Kier molecular flexibility index (Phi) is 6.41. The van der Waals surface area contributed by atoms with Crippen LogP contribution in [0.15, 0.2) is 35.9 Å². The molecule has 6 nitrogen and oxygen atoms in total. The zero-order valence-electron chi connectivity index (χ0n) is 18.2. The smallest absolute Gasteiger partial charge is 0.265 e. The number of carbonyl (C=O) groups is 2. The van der Waals surface area contributed by atoms with E-state index in [2.05, 4.69) is 52.9 Å². The van der Waals surface area contributed by atoms with E-state index in [1.807, 2.05) is 26.8 Å². The minimum atomic E-state index is -0.455. The van der Waals surface area contributed by atoms with Crippen molar-refractivity contribution >= 4 is 40.9 Å². The van der Waals surface area contributed by atoms with Crippen LogP contribution < -0.4 is 10.2 Å². The summed E-state index contributed by atoms with van der Waals surface area (Å²) < 4.78 is 2.13. The summed E-state index contributed by atoms with van der Waals surface area (Å²) in [6.45, 7) is 12.5. The lowest BCUT2D eigenvalue weighted by atomic mass is 10.1. The van der Waals surface area contributed by atoms with Gasteiger partial charge in [0.25, 0.3) is 11.8 Å². The van der Waals surface area contributed by atoms with Crippen LogP contribution in [-0.4, -0.2) is 46.0 Å². The van der Waals surface area contributed by atoms with E-state index in [0.29, 0.717) is 6.54 Å². The van der Waals surface area contributed by atoms with Gasteiger partial charge < -0.3 is 9.47 Å². The number of nitrogens with one attached hydrogen (secondary N) is 1. The molecule has 2 heterocycles. The van der Waals surface area contributed by atoms with Crippen LogP contribution in [0.2, 0.25) is 0 Å². The second-order valence-corrected chi connectivity index (χ2v) is 7.60. The highest BCUT2D eigenvalue weighted by atomic mass is 32.1. The fourth-order valence-corrected chi connectivity index (χ4v) is 4.17. The number of likely N-dealkylation sites (N-methyl/N-ethyl adjacent to an activating group) is 1. The molecule has 1 aliphatic rings. The average molecular weight is 425 g/mol. The summed E-state index contributed by atoms with van der Waals surface area (Å²) in [5.74, 6) is -0.817. The summed E-state index contributed by atoms with van der Waals surface area (Å²) >= 11 is 5.10. The van der Waals surface area contributed by atoms with E-state index in [-0.39, 0.29) is 16.6 Å². The highest BCUT2D eigenvalue weighted by Crippen LogP contribution is 2.25. The molecule has 1 N–H and O–H groups in total. The Morgan fingerprint density at radius 3 is 2.27 bits per heavy atom. The van der Waals surface area contributed by atoms with Crippen LogP contribution in [0, 0.1) is 13.8 Å². The zero-order chi connectivity index (χ0) is 22.0. The Bertz CT molecular complexity index is 1020. The molecule has 0 unspecified atom stereocenters. The standard InChI is InChI=1S/C23H28N4O2S/c1-6-25(7-2)18-9-11-19(12-10-18)27-15(4)13-17(16(27)5)14-20-21(28)24-23(30)26(8-3)22(20)29/h9-14H,6-8H2,1-5H3,(H,24,28,30)/b20-14+. The van der Waals surface area contributed by atoms with Gasteiger partial charge in [-0.2, -0.15) is 0 Å². The maximum atomic E-state index is 12.7. The lowest BCUT2D eigenvalue weighted by Crippen LogP contribution is -2.53. The Balaban J connectivity index is 1.98. The van der Waals surface area contributed by atoms with Crippen molar-refractivity contribution in [3.63, 3.8) is 0 Å². The summed E-state index contributed by atoms with van der Waals surface area (Å²) in [5.41, 5.74) is 5.16. The molecular formula is C23H28N4O2S. The number of thiocarbonyl (C=S) groups is 1. The topological polar surface area (TPSA) is 57.6 Å². The van der Waals surface area contributed by atoms with Gasteiger partial charge in [0.05, 0.1) is 0 Å². The van der Waals surface area contributed by atoms with Gasteiger partial charge in [-0.15, -0.1) is 0 Å². The van der Waals surface area contributed by atoms with Crippen LogP contribution in [0.1, 0.15) is 37.7 Å². The lowest BCUT2D eigenvalue weighted by Gasteiger charge is -2.27. The number of hydrogen-bond acceptors (Lipinski definition) is 4. The van der Waals surface area contributed by atoms with Crippen molar-refractivity contribution < 1.29 is 9.59 Å². The molecule has 1 fully saturated rings. The first kappa shape index (κ1) is 21.8.